The summed E-state index contributed by atoms with van der Waals surface area (Å²) in [7, 11) is 3.03. The summed E-state index contributed by atoms with van der Waals surface area (Å²) in [6.07, 6.45) is 1.47. The zero-order valence-electron chi connectivity index (χ0n) is 16.0. The van der Waals surface area contributed by atoms with E-state index in [1.54, 1.807) is 12.1 Å². The first-order chi connectivity index (χ1) is 14.1. The largest absolute Gasteiger partial charge is 0.493 e. The van der Waals surface area contributed by atoms with Crippen molar-refractivity contribution in [2.45, 2.75) is 4.58 Å². The van der Waals surface area contributed by atoms with Crippen LogP contribution in [0.5, 0.6) is 17.2 Å². The van der Waals surface area contributed by atoms with E-state index in [0.29, 0.717) is 32.4 Å². The topological polar surface area (TPSA) is 69.2 Å². The number of thioether (sulfide) groups is 2. The molecule has 1 saturated heterocycles. The van der Waals surface area contributed by atoms with Crippen molar-refractivity contribution in [1.29, 1.82) is 0 Å². The van der Waals surface area contributed by atoms with Gasteiger partial charge in [-0.25, -0.2) is 5.43 Å². The van der Waals surface area contributed by atoms with Crippen LogP contribution in [0.3, 0.4) is 0 Å². The summed E-state index contributed by atoms with van der Waals surface area (Å²) in [6.45, 7) is -0.129. The Labute approximate surface area is 183 Å². The van der Waals surface area contributed by atoms with E-state index in [9.17, 15) is 4.79 Å². The second kappa shape index (κ2) is 10.7. The summed E-state index contributed by atoms with van der Waals surface area (Å²) in [4.78, 5) is 11.9. The highest BCUT2D eigenvalue weighted by atomic mass is 35.5. The third kappa shape index (κ3) is 5.98. The van der Waals surface area contributed by atoms with Gasteiger partial charge in [0, 0.05) is 11.5 Å². The molecule has 9 heteroatoms. The van der Waals surface area contributed by atoms with Gasteiger partial charge in [-0.2, -0.15) is 5.10 Å². The predicted octanol–water partition coefficient (Wildman–Crippen LogP) is 4.36. The van der Waals surface area contributed by atoms with Gasteiger partial charge in [0.25, 0.3) is 5.91 Å². The second-order valence-electron chi connectivity index (χ2n) is 5.96. The fourth-order valence-electron chi connectivity index (χ4n) is 2.64. The molecule has 0 spiro atoms. The van der Waals surface area contributed by atoms with Crippen LogP contribution in [-0.2, 0) is 4.79 Å². The van der Waals surface area contributed by atoms with Crippen LogP contribution in [0, 0.1) is 0 Å². The first-order valence-electron chi connectivity index (χ1n) is 8.80. The highest BCUT2D eigenvalue weighted by Crippen LogP contribution is 2.45. The van der Waals surface area contributed by atoms with Gasteiger partial charge in [0.15, 0.2) is 18.1 Å². The Bertz CT molecular complexity index is 872. The van der Waals surface area contributed by atoms with Gasteiger partial charge >= 0.3 is 0 Å². The van der Waals surface area contributed by atoms with Crippen molar-refractivity contribution in [2.24, 2.45) is 5.10 Å². The summed E-state index contributed by atoms with van der Waals surface area (Å²) in [5.74, 6) is 3.58. The number of hydrogen-bond donors (Lipinski definition) is 1. The highest BCUT2D eigenvalue weighted by Gasteiger charge is 2.18. The molecule has 6 nitrogen and oxygen atoms in total. The van der Waals surface area contributed by atoms with Crippen LogP contribution in [0.1, 0.15) is 15.7 Å². The molecule has 0 unspecified atom stereocenters. The van der Waals surface area contributed by atoms with E-state index < -0.39 is 0 Å². The van der Waals surface area contributed by atoms with E-state index in [0.717, 1.165) is 0 Å². The van der Waals surface area contributed by atoms with Crippen molar-refractivity contribution in [3.63, 3.8) is 0 Å². The Kier molecular flexibility index (Phi) is 7.97. The molecule has 0 radical (unpaired) electrons. The Morgan fingerprint density at radius 3 is 2.59 bits per heavy atom. The number of nitrogens with zero attached hydrogens (tertiary/aromatic N) is 1. The Hall–Kier alpha value is -2.03. The van der Waals surface area contributed by atoms with E-state index in [-0.39, 0.29) is 12.5 Å². The van der Waals surface area contributed by atoms with Crippen molar-refractivity contribution in [1.82, 2.24) is 5.43 Å². The van der Waals surface area contributed by atoms with Crippen molar-refractivity contribution in [2.75, 3.05) is 32.3 Å². The molecule has 1 N–H and O–H groups in total. The fourth-order valence-corrected chi connectivity index (χ4v) is 5.80. The minimum absolute atomic E-state index is 0.129. The zero-order chi connectivity index (χ0) is 20.6. The molecule has 0 atom stereocenters. The summed E-state index contributed by atoms with van der Waals surface area (Å²) < 4.78 is 16.4. The van der Waals surface area contributed by atoms with Gasteiger partial charge < -0.3 is 14.2 Å². The van der Waals surface area contributed by atoms with Gasteiger partial charge in [-0.1, -0.05) is 23.7 Å². The molecule has 0 aliphatic carbocycles. The summed E-state index contributed by atoms with van der Waals surface area (Å²) >= 11 is 10.1. The minimum atomic E-state index is -0.362. The molecule has 1 heterocycles. The van der Waals surface area contributed by atoms with Crippen LogP contribution in [0.4, 0.5) is 0 Å². The standard InChI is InChI=1S/C20H21ClN2O4S2/c1-25-17-10-13(9-16(21)19(17)26-2)11-22-23-18(24)12-27-15-5-3-14(4-6-15)20-28-7-8-29-20/h3-6,9-11,20H,7-8,12H2,1-2H3,(H,23,24)/b22-11-. The number of amides is 1. The number of hydrogen-bond acceptors (Lipinski definition) is 7. The maximum Gasteiger partial charge on any atom is 0.277 e. The lowest BCUT2D eigenvalue weighted by Gasteiger charge is -2.10. The van der Waals surface area contributed by atoms with E-state index in [2.05, 4.69) is 10.5 Å². The number of rotatable bonds is 8. The van der Waals surface area contributed by atoms with Crippen LogP contribution in [0.2, 0.25) is 5.02 Å². The van der Waals surface area contributed by atoms with Crippen molar-refractivity contribution in [3.8, 4) is 17.2 Å². The van der Waals surface area contributed by atoms with Gasteiger partial charge in [-0.05, 0) is 35.4 Å². The van der Waals surface area contributed by atoms with E-state index >= 15 is 0 Å². The van der Waals surface area contributed by atoms with Gasteiger partial charge in [-0.3, -0.25) is 4.79 Å². The number of hydrazone groups is 1. The number of methoxy groups -OCH3 is 2. The third-order valence-corrected chi connectivity index (χ3v) is 7.39. The molecule has 0 aromatic heterocycles. The Morgan fingerprint density at radius 1 is 1.21 bits per heavy atom. The van der Waals surface area contributed by atoms with E-state index in [1.807, 2.05) is 47.8 Å². The molecule has 1 aliphatic rings. The van der Waals surface area contributed by atoms with E-state index in [1.165, 1.54) is 37.5 Å². The van der Waals surface area contributed by atoms with Crippen molar-refractivity contribution in [3.05, 3.63) is 52.5 Å². The lowest BCUT2D eigenvalue weighted by atomic mass is 10.2. The van der Waals surface area contributed by atoms with Gasteiger partial charge in [0.1, 0.15) is 5.75 Å². The normalized spacial score (nSPS) is 14.2. The average Bonchev–Trinajstić information content (AvgIpc) is 3.27. The molecule has 1 amide bonds. The SMILES string of the molecule is COc1cc(/C=N\NC(=O)COc2ccc(C3SCCS3)cc2)cc(Cl)c1OC. The lowest BCUT2D eigenvalue weighted by molar-refractivity contribution is -0.123. The molecule has 0 bridgehead atoms. The molecule has 154 valence electrons. The maximum absolute atomic E-state index is 11.9. The molecule has 1 aliphatic heterocycles. The number of nitrogens with one attached hydrogen (secondary N) is 1. The summed E-state index contributed by atoms with van der Waals surface area (Å²) in [5, 5.41) is 4.32. The van der Waals surface area contributed by atoms with Crippen LogP contribution in [0.15, 0.2) is 41.5 Å². The minimum Gasteiger partial charge on any atom is -0.493 e. The quantitative estimate of drug-likeness (QED) is 0.474. The molecule has 3 rings (SSSR count). The van der Waals surface area contributed by atoms with Crippen LogP contribution < -0.4 is 19.6 Å². The smallest absolute Gasteiger partial charge is 0.277 e. The molecule has 0 saturated carbocycles. The summed E-state index contributed by atoms with van der Waals surface area (Å²) in [6, 6.07) is 11.2. The number of carbonyl (C=O) groups excluding carboxylic acids is 1. The molecular weight excluding hydrogens is 432 g/mol. The van der Waals surface area contributed by atoms with E-state index in [4.69, 9.17) is 25.8 Å². The van der Waals surface area contributed by atoms with Crippen molar-refractivity contribution >= 4 is 47.2 Å². The second-order valence-corrected chi connectivity index (χ2v) is 9.09. The third-order valence-electron chi connectivity index (χ3n) is 4.00. The number of benzene rings is 2. The molecule has 29 heavy (non-hydrogen) atoms. The van der Waals surface area contributed by atoms with Crippen LogP contribution in [-0.4, -0.2) is 44.5 Å². The van der Waals surface area contributed by atoms with Gasteiger partial charge in [0.05, 0.1) is 30.0 Å². The fraction of sp³-hybridized carbons (Fsp3) is 0.300. The molecular formula is C20H21ClN2O4S2. The Balaban J connectivity index is 1.49. The highest BCUT2D eigenvalue weighted by molar-refractivity contribution is 8.19. The molecule has 2 aromatic rings. The lowest BCUT2D eigenvalue weighted by Crippen LogP contribution is -2.24. The van der Waals surface area contributed by atoms with Crippen LogP contribution in [0.25, 0.3) is 0 Å². The Morgan fingerprint density at radius 2 is 1.93 bits per heavy atom. The number of ether oxygens (including phenoxy) is 3. The van der Waals surface area contributed by atoms with Gasteiger partial charge in [0.2, 0.25) is 0 Å². The zero-order valence-corrected chi connectivity index (χ0v) is 18.4. The molecule has 2 aromatic carbocycles. The van der Waals surface area contributed by atoms with Crippen LogP contribution >= 0.6 is 35.1 Å². The molecule has 1 fully saturated rings. The monoisotopic (exact) mass is 452 g/mol. The van der Waals surface area contributed by atoms with Crippen molar-refractivity contribution < 1.29 is 19.0 Å². The number of halogens is 1. The predicted molar refractivity (Wildman–Crippen MR) is 120 cm³/mol. The first-order valence-corrected chi connectivity index (χ1v) is 11.3. The maximum atomic E-state index is 11.9. The number of carbonyl (C=O) groups is 1. The first kappa shape index (κ1) is 21.7. The summed E-state index contributed by atoms with van der Waals surface area (Å²) in [5.41, 5.74) is 4.36. The average molecular weight is 453 g/mol. The van der Waals surface area contributed by atoms with Gasteiger partial charge in [-0.15, -0.1) is 23.5 Å².